The lowest BCUT2D eigenvalue weighted by atomic mass is 10.0. The molecule has 1 heterocycles. The number of rotatable bonds is 16. The molecular weight excluding hydrogens is 370 g/mol. The summed E-state index contributed by atoms with van der Waals surface area (Å²) in [6, 6.07) is 4.32. The molecule has 146 valence electrons. The van der Waals surface area contributed by atoms with E-state index in [9.17, 15) is 0 Å². The number of halogens is 1. The highest BCUT2D eigenvalue weighted by atomic mass is 79.9. The van der Waals surface area contributed by atoms with Crippen molar-refractivity contribution < 1.29 is 21.5 Å². The monoisotopic (exact) mass is 411 g/mol. The number of hydrogen-bond donors (Lipinski definition) is 0. The minimum Gasteiger partial charge on any atom is -1.00 e. The number of hydrogen-bond acceptors (Lipinski definition) is 0. The Labute approximate surface area is 168 Å². The Kier molecular flexibility index (Phi) is 18.1. The Bertz CT molecular complexity index is 391. The van der Waals surface area contributed by atoms with Crippen LogP contribution in [-0.4, -0.2) is 0 Å². The van der Waals surface area contributed by atoms with Gasteiger partial charge in [0.05, 0.1) is 0 Å². The molecule has 1 aromatic heterocycles. The fourth-order valence-corrected chi connectivity index (χ4v) is 3.46. The zero-order valence-electron chi connectivity index (χ0n) is 16.9. The van der Waals surface area contributed by atoms with Crippen molar-refractivity contribution in [2.75, 3.05) is 0 Å². The predicted molar refractivity (Wildman–Crippen MR) is 106 cm³/mol. The van der Waals surface area contributed by atoms with E-state index in [-0.39, 0.29) is 17.0 Å². The highest BCUT2D eigenvalue weighted by molar-refractivity contribution is 5.01. The molecule has 0 unspecified atom stereocenters. The van der Waals surface area contributed by atoms with E-state index in [4.69, 9.17) is 0 Å². The molecule has 0 atom stereocenters. The maximum Gasteiger partial charge on any atom is 0.171 e. The van der Waals surface area contributed by atoms with Gasteiger partial charge in [0, 0.05) is 18.1 Å². The van der Waals surface area contributed by atoms with Crippen molar-refractivity contribution in [3.63, 3.8) is 0 Å². The normalized spacial score (nSPS) is 10.6. The Balaban J connectivity index is 0.00000576. The second kappa shape index (κ2) is 18.4. The third-order valence-corrected chi connectivity index (χ3v) is 5.03. The number of aryl methyl sites for hydroxylation is 2. The minimum absolute atomic E-state index is 0. The van der Waals surface area contributed by atoms with Crippen molar-refractivity contribution >= 4 is 0 Å². The highest BCUT2D eigenvalue weighted by Crippen LogP contribution is 2.13. The van der Waals surface area contributed by atoms with Crippen molar-refractivity contribution in [1.82, 2.24) is 0 Å². The number of aromatic nitrogens is 1. The topological polar surface area (TPSA) is 3.88 Å². The fourth-order valence-electron chi connectivity index (χ4n) is 3.46. The molecule has 0 bridgehead atoms. The molecular formula is C23H42BrN. The lowest BCUT2D eigenvalue weighted by molar-refractivity contribution is -0.697. The molecule has 0 saturated heterocycles. The summed E-state index contributed by atoms with van der Waals surface area (Å²) in [6.45, 7) is 5.64. The first-order chi connectivity index (χ1) is 11.8. The fraction of sp³-hybridized carbons (Fsp3) is 0.783. The van der Waals surface area contributed by atoms with Gasteiger partial charge in [0.15, 0.2) is 12.4 Å². The Morgan fingerprint density at radius 3 is 1.56 bits per heavy atom. The van der Waals surface area contributed by atoms with Crippen molar-refractivity contribution in [1.29, 1.82) is 0 Å². The van der Waals surface area contributed by atoms with Gasteiger partial charge in [-0.15, -0.1) is 0 Å². The molecule has 2 heteroatoms. The number of unbranched alkanes of at least 4 members (excludes halogenated alkanes) is 14. The maximum absolute atomic E-state index is 2.33. The molecule has 0 amide bonds. The summed E-state index contributed by atoms with van der Waals surface area (Å²) < 4.78 is 2.33. The van der Waals surface area contributed by atoms with Gasteiger partial charge in [-0.25, -0.2) is 4.57 Å². The van der Waals surface area contributed by atoms with Crippen LogP contribution in [0.25, 0.3) is 0 Å². The average molecular weight is 412 g/mol. The first-order valence-electron chi connectivity index (χ1n) is 10.8. The van der Waals surface area contributed by atoms with Gasteiger partial charge in [-0.2, -0.15) is 0 Å². The highest BCUT2D eigenvalue weighted by Gasteiger charge is 2.00. The van der Waals surface area contributed by atoms with E-state index in [2.05, 4.69) is 42.9 Å². The summed E-state index contributed by atoms with van der Waals surface area (Å²) in [7, 11) is 0. The third kappa shape index (κ3) is 15.6. The van der Waals surface area contributed by atoms with Crippen molar-refractivity contribution in [3.05, 3.63) is 30.1 Å². The Hall–Kier alpha value is -0.370. The predicted octanol–water partition coefficient (Wildman–Crippen LogP) is 4.16. The van der Waals surface area contributed by atoms with E-state index < -0.39 is 0 Å². The number of nitrogens with zero attached hydrogens (tertiary/aromatic N) is 1. The summed E-state index contributed by atoms with van der Waals surface area (Å²) in [5, 5.41) is 0. The van der Waals surface area contributed by atoms with Crippen LogP contribution < -0.4 is 21.5 Å². The Morgan fingerprint density at radius 2 is 1.12 bits per heavy atom. The molecule has 0 fully saturated rings. The van der Waals surface area contributed by atoms with Gasteiger partial charge in [0.1, 0.15) is 6.54 Å². The van der Waals surface area contributed by atoms with Crippen LogP contribution >= 0.6 is 0 Å². The van der Waals surface area contributed by atoms with E-state index >= 15 is 0 Å². The zero-order valence-corrected chi connectivity index (χ0v) is 18.5. The van der Waals surface area contributed by atoms with Crippen LogP contribution in [0.2, 0.25) is 0 Å². The van der Waals surface area contributed by atoms with Crippen LogP contribution in [0.1, 0.15) is 109 Å². The van der Waals surface area contributed by atoms with Crippen LogP contribution in [0.3, 0.4) is 0 Å². The standard InChI is InChI=1S/C23H42N.BrH/c1-3-4-5-6-7-8-9-10-11-12-13-14-15-16-17-20-24-21-18-19-23(2)22-24;/h18-19,21-22H,3-17,20H2,1-2H3;1H/q+1;/p-1. The van der Waals surface area contributed by atoms with E-state index in [1.807, 2.05) is 0 Å². The van der Waals surface area contributed by atoms with Crippen molar-refractivity contribution in [2.24, 2.45) is 0 Å². The Morgan fingerprint density at radius 1 is 0.680 bits per heavy atom. The van der Waals surface area contributed by atoms with Crippen molar-refractivity contribution in [3.8, 4) is 0 Å². The molecule has 0 N–H and O–H groups in total. The quantitative estimate of drug-likeness (QED) is 0.284. The summed E-state index contributed by atoms with van der Waals surface area (Å²) in [5.41, 5.74) is 1.36. The maximum atomic E-state index is 2.33. The van der Waals surface area contributed by atoms with Gasteiger partial charge in [0.2, 0.25) is 0 Å². The van der Waals surface area contributed by atoms with Crippen LogP contribution in [0.15, 0.2) is 24.5 Å². The molecule has 0 aromatic carbocycles. The number of pyridine rings is 1. The molecule has 25 heavy (non-hydrogen) atoms. The molecule has 1 aromatic rings. The van der Waals surface area contributed by atoms with Gasteiger partial charge in [-0.05, 0) is 19.4 Å². The molecule has 0 saturated carbocycles. The lowest BCUT2D eigenvalue weighted by Gasteiger charge is -2.03. The second-order valence-electron chi connectivity index (χ2n) is 7.57. The summed E-state index contributed by atoms with van der Waals surface area (Å²) >= 11 is 0. The van der Waals surface area contributed by atoms with Crippen LogP contribution in [-0.2, 0) is 6.54 Å². The third-order valence-electron chi connectivity index (χ3n) is 5.03. The van der Waals surface area contributed by atoms with Gasteiger partial charge < -0.3 is 17.0 Å². The lowest BCUT2D eigenvalue weighted by Crippen LogP contribution is -3.00. The molecule has 0 aliphatic heterocycles. The smallest absolute Gasteiger partial charge is 0.171 e. The molecule has 0 aliphatic rings. The van der Waals surface area contributed by atoms with E-state index in [1.165, 1.54) is 108 Å². The second-order valence-corrected chi connectivity index (χ2v) is 7.57. The first kappa shape index (κ1) is 24.6. The van der Waals surface area contributed by atoms with Gasteiger partial charge in [-0.3, -0.25) is 0 Å². The van der Waals surface area contributed by atoms with Crippen LogP contribution in [0, 0.1) is 6.92 Å². The zero-order chi connectivity index (χ0) is 17.3. The summed E-state index contributed by atoms with van der Waals surface area (Å²) in [5.74, 6) is 0. The SMILES string of the molecule is CCCCCCCCCCCCCCCCC[n+]1cccc(C)c1.[Br-]. The molecule has 0 radical (unpaired) electrons. The average Bonchev–Trinajstić information content (AvgIpc) is 2.58. The molecule has 0 spiro atoms. The van der Waals surface area contributed by atoms with E-state index in [1.54, 1.807) is 0 Å². The van der Waals surface area contributed by atoms with Crippen LogP contribution in [0.5, 0.6) is 0 Å². The van der Waals surface area contributed by atoms with Gasteiger partial charge in [-0.1, -0.05) is 90.4 Å². The van der Waals surface area contributed by atoms with Crippen molar-refractivity contribution in [2.45, 2.75) is 117 Å². The summed E-state index contributed by atoms with van der Waals surface area (Å²) in [6.07, 6.45) is 26.0. The largest absolute Gasteiger partial charge is 1.00 e. The van der Waals surface area contributed by atoms with Gasteiger partial charge >= 0.3 is 0 Å². The van der Waals surface area contributed by atoms with Gasteiger partial charge in [0.25, 0.3) is 0 Å². The van der Waals surface area contributed by atoms with E-state index in [0.717, 1.165) is 0 Å². The first-order valence-corrected chi connectivity index (χ1v) is 10.8. The van der Waals surface area contributed by atoms with Crippen LogP contribution in [0.4, 0.5) is 0 Å². The molecule has 0 aliphatic carbocycles. The minimum atomic E-state index is 0. The van der Waals surface area contributed by atoms with E-state index in [0.29, 0.717) is 0 Å². The molecule has 1 nitrogen and oxygen atoms in total. The summed E-state index contributed by atoms with van der Waals surface area (Å²) in [4.78, 5) is 0. The molecule has 1 rings (SSSR count).